The summed E-state index contributed by atoms with van der Waals surface area (Å²) in [6.07, 6.45) is 0.847. The maximum Gasteiger partial charge on any atom is 0.224 e. The maximum atomic E-state index is 12.1. The van der Waals surface area contributed by atoms with Crippen LogP contribution in [0.25, 0.3) is 11.3 Å². The number of carbonyl (C=O) groups is 1. The fourth-order valence-electron chi connectivity index (χ4n) is 2.48. The predicted molar refractivity (Wildman–Crippen MR) is 99.1 cm³/mol. The van der Waals surface area contributed by atoms with Crippen LogP contribution in [0.2, 0.25) is 5.02 Å². The Morgan fingerprint density at radius 1 is 1.08 bits per heavy atom. The molecule has 2 aromatic carbocycles. The van der Waals surface area contributed by atoms with Gasteiger partial charge in [0.15, 0.2) is 0 Å². The zero-order valence-corrected chi connectivity index (χ0v) is 14.5. The number of anilines is 1. The molecule has 0 bridgehead atoms. The molecule has 0 radical (unpaired) electrons. The van der Waals surface area contributed by atoms with Crippen molar-refractivity contribution in [3.8, 4) is 17.1 Å². The Hall–Kier alpha value is -2.72. The van der Waals surface area contributed by atoms with Crippen molar-refractivity contribution < 1.29 is 13.9 Å². The lowest BCUT2D eigenvalue weighted by Crippen LogP contribution is -2.12. The SMILES string of the molecule is COc1ccccc1NC(=O)CCc1ccc(-c2ccc(Cl)cc2)o1. The van der Waals surface area contributed by atoms with Crippen LogP contribution in [0.5, 0.6) is 5.75 Å². The average molecular weight is 356 g/mol. The van der Waals surface area contributed by atoms with Crippen LogP contribution in [-0.4, -0.2) is 13.0 Å². The van der Waals surface area contributed by atoms with Crippen molar-refractivity contribution in [3.63, 3.8) is 0 Å². The van der Waals surface area contributed by atoms with Crippen LogP contribution < -0.4 is 10.1 Å². The molecule has 0 unspecified atom stereocenters. The van der Waals surface area contributed by atoms with Crippen molar-refractivity contribution in [3.05, 3.63) is 71.4 Å². The molecule has 0 saturated heterocycles. The van der Waals surface area contributed by atoms with E-state index < -0.39 is 0 Å². The van der Waals surface area contributed by atoms with Gasteiger partial charge < -0.3 is 14.5 Å². The van der Waals surface area contributed by atoms with E-state index in [9.17, 15) is 4.79 Å². The summed E-state index contributed by atoms with van der Waals surface area (Å²) in [5.74, 6) is 2.07. The number of ether oxygens (including phenoxy) is 1. The third kappa shape index (κ3) is 4.43. The van der Waals surface area contributed by atoms with Gasteiger partial charge in [-0.25, -0.2) is 0 Å². The Morgan fingerprint density at radius 2 is 1.84 bits per heavy atom. The summed E-state index contributed by atoms with van der Waals surface area (Å²) in [5, 5.41) is 3.54. The molecule has 0 spiro atoms. The minimum absolute atomic E-state index is 0.0889. The molecule has 1 amide bonds. The highest BCUT2D eigenvalue weighted by molar-refractivity contribution is 6.30. The van der Waals surface area contributed by atoms with Crippen LogP contribution in [0.3, 0.4) is 0 Å². The van der Waals surface area contributed by atoms with Crippen LogP contribution in [0.1, 0.15) is 12.2 Å². The van der Waals surface area contributed by atoms with Crippen LogP contribution in [0, 0.1) is 0 Å². The third-order valence-corrected chi connectivity index (χ3v) is 4.02. The Morgan fingerprint density at radius 3 is 2.60 bits per heavy atom. The maximum absolute atomic E-state index is 12.1. The molecular formula is C20H18ClNO3. The molecule has 128 valence electrons. The Labute approximate surface area is 151 Å². The van der Waals surface area contributed by atoms with E-state index in [1.54, 1.807) is 13.2 Å². The van der Waals surface area contributed by atoms with Crippen LogP contribution >= 0.6 is 11.6 Å². The number of hydrogen-bond acceptors (Lipinski definition) is 3. The fraction of sp³-hybridized carbons (Fsp3) is 0.150. The highest BCUT2D eigenvalue weighted by Gasteiger charge is 2.10. The smallest absolute Gasteiger partial charge is 0.224 e. The van der Waals surface area contributed by atoms with E-state index in [0.29, 0.717) is 29.3 Å². The Bertz CT molecular complexity index is 855. The second kappa shape index (κ2) is 7.90. The van der Waals surface area contributed by atoms with Crippen molar-refractivity contribution in [2.75, 3.05) is 12.4 Å². The predicted octanol–water partition coefficient (Wildman–Crippen LogP) is 5.18. The number of para-hydroxylation sites is 2. The standard InChI is InChI=1S/C20H18ClNO3/c1-24-19-5-3-2-4-17(19)22-20(23)13-11-16-10-12-18(25-16)14-6-8-15(21)9-7-14/h2-10,12H,11,13H2,1H3,(H,22,23). The molecule has 1 heterocycles. The average Bonchev–Trinajstić information content (AvgIpc) is 3.10. The summed E-state index contributed by atoms with van der Waals surface area (Å²) >= 11 is 5.89. The third-order valence-electron chi connectivity index (χ3n) is 3.77. The molecule has 0 fully saturated rings. The second-order valence-electron chi connectivity index (χ2n) is 5.52. The molecule has 0 aliphatic carbocycles. The highest BCUT2D eigenvalue weighted by atomic mass is 35.5. The first kappa shape index (κ1) is 17.1. The van der Waals surface area contributed by atoms with Gasteiger partial charge in [0, 0.05) is 23.4 Å². The van der Waals surface area contributed by atoms with E-state index in [2.05, 4.69) is 5.32 Å². The molecule has 25 heavy (non-hydrogen) atoms. The highest BCUT2D eigenvalue weighted by Crippen LogP contribution is 2.25. The zero-order valence-electron chi connectivity index (χ0n) is 13.8. The number of rotatable bonds is 6. The van der Waals surface area contributed by atoms with Gasteiger partial charge in [-0.1, -0.05) is 23.7 Å². The number of halogens is 1. The molecule has 3 aromatic rings. The normalized spacial score (nSPS) is 10.5. The second-order valence-corrected chi connectivity index (χ2v) is 5.96. The lowest BCUT2D eigenvalue weighted by Gasteiger charge is -2.09. The quantitative estimate of drug-likeness (QED) is 0.662. The van der Waals surface area contributed by atoms with Gasteiger partial charge in [-0.15, -0.1) is 0 Å². The summed E-state index contributed by atoms with van der Waals surface area (Å²) in [4.78, 5) is 12.1. The number of aryl methyl sites for hydroxylation is 1. The van der Waals surface area contributed by atoms with Crippen molar-refractivity contribution in [1.29, 1.82) is 0 Å². The number of carbonyl (C=O) groups excluding carboxylic acids is 1. The summed E-state index contributed by atoms with van der Waals surface area (Å²) in [7, 11) is 1.58. The monoisotopic (exact) mass is 355 g/mol. The van der Waals surface area contributed by atoms with Gasteiger partial charge in [-0.3, -0.25) is 4.79 Å². The molecule has 0 atom stereocenters. The van der Waals surface area contributed by atoms with Gasteiger partial charge in [0.05, 0.1) is 12.8 Å². The Balaban J connectivity index is 1.58. The number of amides is 1. The summed E-state index contributed by atoms with van der Waals surface area (Å²) in [6, 6.07) is 18.6. The topological polar surface area (TPSA) is 51.5 Å². The lowest BCUT2D eigenvalue weighted by atomic mass is 10.2. The van der Waals surface area contributed by atoms with E-state index in [4.69, 9.17) is 20.8 Å². The molecule has 5 heteroatoms. The molecular weight excluding hydrogens is 338 g/mol. The molecule has 4 nitrogen and oxygen atoms in total. The van der Waals surface area contributed by atoms with Crippen molar-refractivity contribution in [1.82, 2.24) is 0 Å². The minimum Gasteiger partial charge on any atom is -0.495 e. The van der Waals surface area contributed by atoms with Gasteiger partial charge >= 0.3 is 0 Å². The van der Waals surface area contributed by atoms with E-state index >= 15 is 0 Å². The van der Waals surface area contributed by atoms with Crippen molar-refractivity contribution in [2.24, 2.45) is 0 Å². The van der Waals surface area contributed by atoms with Crippen LogP contribution in [0.15, 0.2) is 65.1 Å². The van der Waals surface area contributed by atoms with Gasteiger partial charge in [-0.05, 0) is 48.5 Å². The van der Waals surface area contributed by atoms with E-state index in [1.807, 2.05) is 54.6 Å². The largest absolute Gasteiger partial charge is 0.495 e. The lowest BCUT2D eigenvalue weighted by molar-refractivity contribution is -0.116. The summed E-state index contributed by atoms with van der Waals surface area (Å²) < 4.78 is 11.0. The molecule has 0 aliphatic heterocycles. The van der Waals surface area contributed by atoms with Crippen molar-refractivity contribution >= 4 is 23.2 Å². The van der Waals surface area contributed by atoms with E-state index in [-0.39, 0.29) is 5.91 Å². The van der Waals surface area contributed by atoms with Gasteiger partial charge in [-0.2, -0.15) is 0 Å². The number of furan rings is 1. The first-order chi connectivity index (χ1) is 12.2. The van der Waals surface area contributed by atoms with Gasteiger partial charge in [0.1, 0.15) is 17.3 Å². The van der Waals surface area contributed by atoms with Crippen LogP contribution in [-0.2, 0) is 11.2 Å². The summed E-state index contributed by atoms with van der Waals surface area (Å²) in [6.45, 7) is 0. The first-order valence-corrected chi connectivity index (χ1v) is 8.31. The number of benzene rings is 2. The number of hydrogen-bond donors (Lipinski definition) is 1. The van der Waals surface area contributed by atoms with E-state index in [0.717, 1.165) is 17.1 Å². The fourth-order valence-corrected chi connectivity index (χ4v) is 2.60. The first-order valence-electron chi connectivity index (χ1n) is 7.93. The van der Waals surface area contributed by atoms with Gasteiger partial charge in [0.25, 0.3) is 0 Å². The minimum atomic E-state index is -0.0889. The molecule has 1 N–H and O–H groups in total. The number of nitrogens with one attached hydrogen (secondary N) is 1. The molecule has 1 aromatic heterocycles. The van der Waals surface area contributed by atoms with Gasteiger partial charge in [0.2, 0.25) is 5.91 Å². The molecule has 3 rings (SSSR count). The molecule has 0 saturated carbocycles. The number of methoxy groups -OCH3 is 1. The van der Waals surface area contributed by atoms with E-state index in [1.165, 1.54) is 0 Å². The molecule has 0 aliphatic rings. The Kier molecular flexibility index (Phi) is 5.41. The zero-order chi connectivity index (χ0) is 17.6. The van der Waals surface area contributed by atoms with Crippen LogP contribution in [0.4, 0.5) is 5.69 Å². The summed E-state index contributed by atoms with van der Waals surface area (Å²) in [5.41, 5.74) is 1.62. The van der Waals surface area contributed by atoms with Crippen molar-refractivity contribution in [2.45, 2.75) is 12.8 Å².